The second-order valence-electron chi connectivity index (χ2n) is 4.15. The van der Waals surface area contributed by atoms with Gasteiger partial charge in [-0.1, -0.05) is 12.1 Å². The van der Waals surface area contributed by atoms with Crippen molar-refractivity contribution < 1.29 is 9.13 Å². The van der Waals surface area contributed by atoms with Crippen LogP contribution in [0.25, 0.3) is 0 Å². The van der Waals surface area contributed by atoms with Crippen LogP contribution in [0.2, 0.25) is 0 Å². The Morgan fingerprint density at radius 1 is 1.53 bits per heavy atom. The molecule has 17 heavy (non-hydrogen) atoms. The number of hydrogen-bond donors (Lipinski definition) is 1. The molecule has 1 atom stereocenters. The summed E-state index contributed by atoms with van der Waals surface area (Å²) in [6.45, 7) is 1.68. The van der Waals surface area contributed by atoms with E-state index in [1.165, 1.54) is 0 Å². The fraction of sp³-hybridized carbons (Fsp3) is 0.538. The highest BCUT2D eigenvalue weighted by Gasteiger charge is 2.22. The molecular formula is C13H18FNOS. The lowest BCUT2D eigenvalue weighted by atomic mass is 10.0. The minimum atomic E-state index is -0.0871. The molecule has 0 fully saturated rings. The van der Waals surface area contributed by atoms with Crippen LogP contribution in [0.1, 0.15) is 24.4 Å². The molecule has 0 radical (unpaired) electrons. The zero-order valence-electron chi connectivity index (χ0n) is 10.0. The molecule has 0 amide bonds. The Morgan fingerprint density at radius 2 is 2.41 bits per heavy atom. The summed E-state index contributed by atoms with van der Waals surface area (Å²) in [5.74, 6) is 0.895. The molecule has 1 aliphatic heterocycles. The normalized spacial score (nSPS) is 19.1. The van der Waals surface area contributed by atoms with E-state index in [4.69, 9.17) is 4.74 Å². The van der Waals surface area contributed by atoms with Crippen LogP contribution in [0.5, 0.6) is 0 Å². The lowest BCUT2D eigenvalue weighted by Gasteiger charge is -2.26. The first-order valence-electron chi connectivity index (χ1n) is 5.96. The lowest BCUT2D eigenvalue weighted by molar-refractivity contribution is 0.193. The van der Waals surface area contributed by atoms with Gasteiger partial charge in [0.15, 0.2) is 0 Å². The average molecular weight is 255 g/mol. The van der Waals surface area contributed by atoms with Gasteiger partial charge in [0.25, 0.3) is 0 Å². The lowest BCUT2D eigenvalue weighted by Crippen LogP contribution is -2.26. The first kappa shape index (κ1) is 12.9. The van der Waals surface area contributed by atoms with E-state index < -0.39 is 0 Å². The second-order valence-corrected chi connectivity index (χ2v) is 5.25. The van der Waals surface area contributed by atoms with E-state index in [0.717, 1.165) is 42.2 Å². The van der Waals surface area contributed by atoms with Gasteiger partial charge < -0.3 is 10.1 Å². The molecule has 1 heterocycles. The molecule has 2 nitrogen and oxygen atoms in total. The largest absolute Gasteiger partial charge is 0.385 e. The number of hydrogen-bond acceptors (Lipinski definition) is 3. The molecule has 1 aliphatic rings. The predicted octanol–water partition coefficient (Wildman–Crippen LogP) is 2.99. The Bertz CT molecular complexity index is 372. The number of halogens is 1. The number of nitrogens with one attached hydrogen (secondary N) is 1. The summed E-state index contributed by atoms with van der Waals surface area (Å²) < 4.78 is 18.6. The number of rotatable bonds is 5. The van der Waals surface area contributed by atoms with E-state index in [0.29, 0.717) is 6.04 Å². The van der Waals surface area contributed by atoms with Crippen LogP contribution in [0, 0.1) is 5.82 Å². The maximum atomic E-state index is 13.6. The van der Waals surface area contributed by atoms with Crippen LogP contribution in [0.4, 0.5) is 4.39 Å². The van der Waals surface area contributed by atoms with E-state index in [-0.39, 0.29) is 5.82 Å². The summed E-state index contributed by atoms with van der Waals surface area (Å²) in [5.41, 5.74) is 1.11. The summed E-state index contributed by atoms with van der Waals surface area (Å²) in [5, 5.41) is 3.48. The Morgan fingerprint density at radius 3 is 3.24 bits per heavy atom. The molecule has 0 spiro atoms. The fourth-order valence-corrected chi connectivity index (χ4v) is 3.23. The minimum Gasteiger partial charge on any atom is -0.385 e. The molecule has 0 aromatic heterocycles. The summed E-state index contributed by atoms with van der Waals surface area (Å²) in [6.07, 6.45) is 2.05. The highest BCUT2D eigenvalue weighted by Crippen LogP contribution is 2.37. The van der Waals surface area contributed by atoms with Gasteiger partial charge in [-0.2, -0.15) is 0 Å². The monoisotopic (exact) mass is 255 g/mol. The van der Waals surface area contributed by atoms with Crippen molar-refractivity contribution in [3.05, 3.63) is 29.6 Å². The molecule has 0 saturated carbocycles. The van der Waals surface area contributed by atoms with Gasteiger partial charge in [0.05, 0.1) is 0 Å². The van der Waals surface area contributed by atoms with Crippen LogP contribution in [0.15, 0.2) is 23.1 Å². The quantitative estimate of drug-likeness (QED) is 0.817. The third-order valence-corrected chi connectivity index (χ3v) is 4.10. The molecule has 0 aliphatic carbocycles. The third-order valence-electron chi connectivity index (χ3n) is 2.94. The zero-order valence-corrected chi connectivity index (χ0v) is 10.9. The van der Waals surface area contributed by atoms with E-state index in [2.05, 4.69) is 5.32 Å². The highest BCUT2D eigenvalue weighted by molar-refractivity contribution is 7.99. The van der Waals surface area contributed by atoms with Crippen molar-refractivity contribution in [1.29, 1.82) is 0 Å². The number of ether oxygens (including phenoxy) is 1. The molecule has 2 rings (SSSR count). The van der Waals surface area contributed by atoms with Gasteiger partial charge in [-0.15, -0.1) is 11.8 Å². The maximum absolute atomic E-state index is 13.6. The van der Waals surface area contributed by atoms with Crippen LogP contribution >= 0.6 is 11.8 Å². The van der Waals surface area contributed by atoms with E-state index in [1.807, 2.05) is 6.07 Å². The van der Waals surface area contributed by atoms with Gasteiger partial charge in [0.1, 0.15) is 5.82 Å². The SMILES string of the molecule is COCCCNC1CCSc2c(F)cccc21. The van der Waals surface area contributed by atoms with Gasteiger partial charge in [-0.3, -0.25) is 0 Å². The summed E-state index contributed by atoms with van der Waals surface area (Å²) in [7, 11) is 1.71. The maximum Gasteiger partial charge on any atom is 0.137 e. The van der Waals surface area contributed by atoms with Crippen LogP contribution in [0.3, 0.4) is 0 Å². The van der Waals surface area contributed by atoms with Gasteiger partial charge in [0.2, 0.25) is 0 Å². The van der Waals surface area contributed by atoms with Crippen molar-refractivity contribution in [2.75, 3.05) is 26.0 Å². The first-order valence-corrected chi connectivity index (χ1v) is 6.95. The van der Waals surface area contributed by atoms with Crippen LogP contribution < -0.4 is 5.32 Å². The molecule has 4 heteroatoms. The molecule has 94 valence electrons. The van der Waals surface area contributed by atoms with Gasteiger partial charge in [-0.05, 0) is 36.8 Å². The first-order chi connectivity index (χ1) is 8.33. The van der Waals surface area contributed by atoms with Gasteiger partial charge in [0, 0.05) is 24.7 Å². The topological polar surface area (TPSA) is 21.3 Å². The van der Waals surface area contributed by atoms with Crippen molar-refractivity contribution in [2.45, 2.75) is 23.8 Å². The predicted molar refractivity (Wildman–Crippen MR) is 69.0 cm³/mol. The van der Waals surface area contributed by atoms with Crippen molar-refractivity contribution in [3.8, 4) is 0 Å². The van der Waals surface area contributed by atoms with E-state index >= 15 is 0 Å². The number of thioether (sulfide) groups is 1. The van der Waals surface area contributed by atoms with Gasteiger partial charge >= 0.3 is 0 Å². The summed E-state index contributed by atoms with van der Waals surface area (Å²) >= 11 is 1.62. The fourth-order valence-electron chi connectivity index (χ4n) is 2.09. The van der Waals surface area contributed by atoms with E-state index in [9.17, 15) is 4.39 Å². The van der Waals surface area contributed by atoms with Gasteiger partial charge in [-0.25, -0.2) is 4.39 Å². The third kappa shape index (κ3) is 3.21. The minimum absolute atomic E-state index is 0.0871. The van der Waals surface area contributed by atoms with Crippen molar-refractivity contribution in [1.82, 2.24) is 5.32 Å². The number of methoxy groups -OCH3 is 1. The highest BCUT2D eigenvalue weighted by atomic mass is 32.2. The van der Waals surface area contributed by atoms with Crippen molar-refractivity contribution >= 4 is 11.8 Å². The Balaban J connectivity index is 1.99. The van der Waals surface area contributed by atoms with Crippen LogP contribution in [-0.2, 0) is 4.74 Å². The Labute approximate surface area is 106 Å². The second kappa shape index (κ2) is 6.38. The van der Waals surface area contributed by atoms with Crippen LogP contribution in [-0.4, -0.2) is 26.0 Å². The summed E-state index contributed by atoms with van der Waals surface area (Å²) in [6, 6.07) is 5.65. The molecule has 0 saturated heterocycles. The Hall–Kier alpha value is -0.580. The number of benzene rings is 1. The molecular weight excluding hydrogens is 237 g/mol. The average Bonchev–Trinajstić information content (AvgIpc) is 2.36. The molecule has 0 bridgehead atoms. The summed E-state index contributed by atoms with van der Waals surface area (Å²) in [4.78, 5) is 0.822. The Kier molecular flexibility index (Phi) is 4.83. The van der Waals surface area contributed by atoms with Crippen molar-refractivity contribution in [3.63, 3.8) is 0 Å². The zero-order chi connectivity index (χ0) is 12.1. The molecule has 1 aromatic rings. The molecule has 1 aromatic carbocycles. The van der Waals surface area contributed by atoms with E-state index in [1.54, 1.807) is 31.0 Å². The number of fused-ring (bicyclic) bond motifs is 1. The standard InChI is InChI=1S/C13H18FNOS/c1-16-8-3-7-15-12-6-9-17-13-10(12)4-2-5-11(13)14/h2,4-5,12,15H,3,6-9H2,1H3. The smallest absolute Gasteiger partial charge is 0.137 e. The molecule has 1 N–H and O–H groups in total. The van der Waals surface area contributed by atoms with Crippen molar-refractivity contribution in [2.24, 2.45) is 0 Å². The molecule has 1 unspecified atom stereocenters.